The molecule has 0 unspecified atom stereocenters. The average Bonchev–Trinajstić information content (AvgIpc) is 2.81. The highest BCUT2D eigenvalue weighted by molar-refractivity contribution is 6.36. The van der Waals surface area contributed by atoms with Crippen LogP contribution in [0.4, 0.5) is 0 Å². The Hall–Kier alpha value is -2.24. The number of halogens is 2. The molecule has 2 amide bonds. The van der Waals surface area contributed by atoms with Crippen LogP contribution in [0.3, 0.4) is 0 Å². The predicted octanol–water partition coefficient (Wildman–Crippen LogP) is 6.25. The second-order valence-electron chi connectivity index (χ2n) is 9.05. The molecule has 34 heavy (non-hydrogen) atoms. The van der Waals surface area contributed by atoms with E-state index in [0.29, 0.717) is 27.8 Å². The fraction of sp³-hybridized carbons (Fsp3) is 0.481. The van der Waals surface area contributed by atoms with E-state index in [9.17, 15) is 9.59 Å². The van der Waals surface area contributed by atoms with Gasteiger partial charge >= 0.3 is 0 Å². The molecule has 1 N–H and O–H groups in total. The Morgan fingerprint density at radius 3 is 2.41 bits per heavy atom. The van der Waals surface area contributed by atoms with Crippen LogP contribution in [0.2, 0.25) is 10.0 Å². The van der Waals surface area contributed by atoms with Crippen molar-refractivity contribution in [3.05, 3.63) is 63.1 Å². The molecule has 3 rings (SSSR count). The van der Waals surface area contributed by atoms with E-state index in [1.807, 2.05) is 39.0 Å². The summed E-state index contributed by atoms with van der Waals surface area (Å²) in [6.45, 7) is 5.77. The van der Waals surface area contributed by atoms with Crippen molar-refractivity contribution < 1.29 is 14.3 Å². The molecular weight excluding hydrogens is 471 g/mol. The Labute approximate surface area is 212 Å². The number of hydrogen-bond acceptors (Lipinski definition) is 3. The maximum Gasteiger partial charge on any atom is 0.261 e. The summed E-state index contributed by atoms with van der Waals surface area (Å²) in [7, 11) is 0. The number of carbonyl (C=O) groups is 2. The molecule has 0 heterocycles. The second-order valence-corrected chi connectivity index (χ2v) is 9.86. The van der Waals surface area contributed by atoms with E-state index in [4.69, 9.17) is 27.9 Å². The normalized spacial score (nSPS) is 15.0. The van der Waals surface area contributed by atoms with Crippen molar-refractivity contribution in [2.45, 2.75) is 77.9 Å². The number of aryl methyl sites for hydroxylation is 2. The first-order valence-corrected chi connectivity index (χ1v) is 12.8. The number of hydrogen-bond donors (Lipinski definition) is 1. The maximum absolute atomic E-state index is 13.5. The topological polar surface area (TPSA) is 58.6 Å². The second kappa shape index (κ2) is 12.5. The highest BCUT2D eigenvalue weighted by Gasteiger charge is 2.31. The molecule has 0 radical (unpaired) electrons. The van der Waals surface area contributed by atoms with Crippen LogP contribution in [-0.4, -0.2) is 35.4 Å². The minimum Gasteiger partial charge on any atom is -0.483 e. The van der Waals surface area contributed by atoms with Gasteiger partial charge in [0.1, 0.15) is 11.8 Å². The van der Waals surface area contributed by atoms with E-state index >= 15 is 0 Å². The summed E-state index contributed by atoms with van der Waals surface area (Å²) in [4.78, 5) is 28.3. The number of nitrogens with one attached hydrogen (secondary N) is 1. The van der Waals surface area contributed by atoms with Crippen LogP contribution >= 0.6 is 23.2 Å². The van der Waals surface area contributed by atoms with Crippen LogP contribution in [0.1, 0.15) is 62.1 Å². The van der Waals surface area contributed by atoms with Crippen LogP contribution in [-0.2, 0) is 16.1 Å². The smallest absolute Gasteiger partial charge is 0.261 e. The first kappa shape index (κ1) is 26.4. The predicted molar refractivity (Wildman–Crippen MR) is 138 cm³/mol. The first-order chi connectivity index (χ1) is 16.3. The Bertz CT molecular complexity index is 985. The fourth-order valence-corrected chi connectivity index (χ4v) is 4.92. The van der Waals surface area contributed by atoms with Gasteiger partial charge in [0, 0.05) is 28.2 Å². The van der Waals surface area contributed by atoms with Crippen LogP contribution in [0, 0.1) is 13.8 Å². The molecule has 7 heteroatoms. The van der Waals surface area contributed by atoms with Crippen molar-refractivity contribution in [1.29, 1.82) is 0 Å². The fourth-order valence-electron chi connectivity index (χ4n) is 4.40. The molecule has 1 aliphatic rings. The van der Waals surface area contributed by atoms with Gasteiger partial charge in [-0.05, 0) is 62.4 Å². The monoisotopic (exact) mass is 504 g/mol. The van der Waals surface area contributed by atoms with E-state index < -0.39 is 6.04 Å². The molecule has 1 fully saturated rings. The summed E-state index contributed by atoms with van der Waals surface area (Å²) in [5, 5.41) is 4.09. The zero-order valence-electron chi connectivity index (χ0n) is 20.2. The van der Waals surface area contributed by atoms with Crippen molar-refractivity contribution in [2.24, 2.45) is 0 Å². The van der Waals surface area contributed by atoms with Crippen molar-refractivity contribution in [2.75, 3.05) is 6.61 Å². The number of benzene rings is 2. The van der Waals surface area contributed by atoms with Crippen LogP contribution < -0.4 is 10.1 Å². The zero-order chi connectivity index (χ0) is 24.7. The zero-order valence-corrected chi connectivity index (χ0v) is 21.7. The van der Waals surface area contributed by atoms with E-state index in [1.54, 1.807) is 23.1 Å². The lowest BCUT2D eigenvalue weighted by atomic mass is 9.95. The minimum absolute atomic E-state index is 0.129. The van der Waals surface area contributed by atoms with Crippen molar-refractivity contribution in [3.63, 3.8) is 0 Å². The van der Waals surface area contributed by atoms with Crippen molar-refractivity contribution in [3.8, 4) is 5.75 Å². The molecule has 0 saturated heterocycles. The SMILES string of the molecule is CC[C@@H](C(=O)NC1CCCCC1)N(Cc1c(Cl)cccc1Cl)C(=O)COc1cc(C)ccc1C. The van der Waals surface area contributed by atoms with E-state index in [-0.39, 0.29) is 31.0 Å². The molecule has 2 aromatic rings. The summed E-state index contributed by atoms with van der Waals surface area (Å²) < 4.78 is 5.89. The minimum atomic E-state index is -0.649. The summed E-state index contributed by atoms with van der Waals surface area (Å²) in [5.74, 6) is 0.226. The highest BCUT2D eigenvalue weighted by Crippen LogP contribution is 2.28. The molecule has 1 saturated carbocycles. The lowest BCUT2D eigenvalue weighted by Gasteiger charge is -2.33. The van der Waals surface area contributed by atoms with Crippen molar-refractivity contribution in [1.82, 2.24) is 10.2 Å². The van der Waals surface area contributed by atoms with Crippen LogP contribution in [0.25, 0.3) is 0 Å². The van der Waals surface area contributed by atoms with E-state index in [0.717, 1.165) is 36.8 Å². The molecule has 0 spiro atoms. The van der Waals surface area contributed by atoms with Crippen molar-refractivity contribution >= 4 is 35.0 Å². The number of nitrogens with zero attached hydrogens (tertiary/aromatic N) is 1. The van der Waals surface area contributed by atoms with Gasteiger partial charge in [-0.15, -0.1) is 0 Å². The van der Waals surface area contributed by atoms with Crippen LogP contribution in [0.5, 0.6) is 5.75 Å². The van der Waals surface area contributed by atoms with Gasteiger partial charge in [0.05, 0.1) is 0 Å². The highest BCUT2D eigenvalue weighted by atomic mass is 35.5. The van der Waals surface area contributed by atoms with Gasteiger partial charge in [-0.1, -0.05) is 67.6 Å². The average molecular weight is 505 g/mol. The number of rotatable bonds is 9. The van der Waals surface area contributed by atoms with Crippen LogP contribution in [0.15, 0.2) is 36.4 Å². The summed E-state index contributed by atoms with van der Waals surface area (Å²) in [6.07, 6.45) is 5.85. The lowest BCUT2D eigenvalue weighted by molar-refractivity contribution is -0.143. The quantitative estimate of drug-likeness (QED) is 0.439. The maximum atomic E-state index is 13.5. The first-order valence-electron chi connectivity index (χ1n) is 12.0. The summed E-state index contributed by atoms with van der Waals surface area (Å²) >= 11 is 12.8. The Balaban J connectivity index is 1.83. The summed E-state index contributed by atoms with van der Waals surface area (Å²) in [5.41, 5.74) is 2.61. The molecule has 0 aromatic heterocycles. The molecule has 184 valence electrons. The molecule has 2 aromatic carbocycles. The van der Waals surface area contributed by atoms with Gasteiger partial charge in [0.25, 0.3) is 5.91 Å². The van der Waals surface area contributed by atoms with E-state index in [2.05, 4.69) is 5.32 Å². The third-order valence-corrected chi connectivity index (χ3v) is 7.13. The third-order valence-electron chi connectivity index (χ3n) is 6.42. The standard InChI is InChI=1S/C27H34Cl2N2O3/c1-4-24(27(33)30-20-9-6-5-7-10-20)31(16-21-22(28)11-8-12-23(21)29)26(32)17-34-25-15-18(2)13-14-19(25)3/h8,11-15,20,24H,4-7,9-10,16-17H2,1-3H3,(H,30,33)/t24-/m0/s1. The summed E-state index contributed by atoms with van der Waals surface area (Å²) in [6, 6.07) is 10.6. The van der Waals surface area contributed by atoms with Gasteiger partial charge in [0.2, 0.25) is 5.91 Å². The van der Waals surface area contributed by atoms with Gasteiger partial charge in [-0.25, -0.2) is 0 Å². The number of amides is 2. The van der Waals surface area contributed by atoms with Gasteiger partial charge in [0.15, 0.2) is 6.61 Å². The lowest BCUT2D eigenvalue weighted by Crippen LogP contribution is -2.52. The Kier molecular flexibility index (Phi) is 9.66. The largest absolute Gasteiger partial charge is 0.483 e. The Morgan fingerprint density at radius 2 is 1.76 bits per heavy atom. The molecule has 5 nitrogen and oxygen atoms in total. The van der Waals surface area contributed by atoms with Gasteiger partial charge in [-0.2, -0.15) is 0 Å². The van der Waals surface area contributed by atoms with Gasteiger partial charge < -0.3 is 15.0 Å². The van der Waals surface area contributed by atoms with E-state index in [1.165, 1.54) is 6.42 Å². The molecule has 1 atom stereocenters. The van der Waals surface area contributed by atoms with Gasteiger partial charge in [-0.3, -0.25) is 9.59 Å². The molecular formula is C27H34Cl2N2O3. The third kappa shape index (κ3) is 6.89. The molecule has 1 aliphatic carbocycles. The molecule has 0 aliphatic heterocycles. The number of carbonyl (C=O) groups excluding carboxylic acids is 2. The molecule has 0 bridgehead atoms. The Morgan fingerprint density at radius 1 is 1.09 bits per heavy atom. The number of ether oxygens (including phenoxy) is 1.